The van der Waals surface area contributed by atoms with Gasteiger partial charge in [-0.05, 0) is 61.6 Å². The van der Waals surface area contributed by atoms with E-state index in [0.29, 0.717) is 6.54 Å². The Morgan fingerprint density at radius 1 is 1.08 bits per heavy atom. The minimum absolute atomic E-state index is 0.0617. The molecule has 0 aliphatic carbocycles. The van der Waals surface area contributed by atoms with Crippen LogP contribution in [-0.4, -0.2) is 24.8 Å². The SMILES string of the molecule is Cc1cc(C)c(C)c(OCC(=O)NCCSCc2ccccc2C)c1. The second-order valence-corrected chi connectivity index (χ2v) is 7.43. The number of hydrogen-bond acceptors (Lipinski definition) is 3. The molecule has 2 aromatic carbocycles. The van der Waals surface area contributed by atoms with Crippen LogP contribution in [-0.2, 0) is 10.5 Å². The average molecular weight is 358 g/mol. The molecule has 1 N–H and O–H groups in total. The van der Waals surface area contributed by atoms with Gasteiger partial charge in [-0.25, -0.2) is 0 Å². The van der Waals surface area contributed by atoms with Gasteiger partial charge < -0.3 is 10.1 Å². The summed E-state index contributed by atoms with van der Waals surface area (Å²) in [5.74, 6) is 2.58. The van der Waals surface area contributed by atoms with Gasteiger partial charge >= 0.3 is 0 Å². The van der Waals surface area contributed by atoms with E-state index in [2.05, 4.69) is 49.5 Å². The van der Waals surface area contributed by atoms with E-state index in [-0.39, 0.29) is 12.5 Å². The lowest BCUT2D eigenvalue weighted by Crippen LogP contribution is -2.30. The Balaban J connectivity index is 1.67. The molecule has 0 bridgehead atoms. The van der Waals surface area contributed by atoms with Crippen molar-refractivity contribution in [2.45, 2.75) is 33.4 Å². The summed E-state index contributed by atoms with van der Waals surface area (Å²) in [5.41, 5.74) is 6.09. The van der Waals surface area contributed by atoms with Gasteiger partial charge in [0.25, 0.3) is 5.91 Å². The maximum absolute atomic E-state index is 11.9. The third-order valence-electron chi connectivity index (χ3n) is 4.21. The molecular weight excluding hydrogens is 330 g/mol. The summed E-state index contributed by atoms with van der Waals surface area (Å²) in [6, 6.07) is 12.5. The van der Waals surface area contributed by atoms with Gasteiger partial charge in [-0.2, -0.15) is 11.8 Å². The fourth-order valence-corrected chi connectivity index (χ4v) is 3.50. The van der Waals surface area contributed by atoms with Gasteiger partial charge in [0.15, 0.2) is 6.61 Å². The summed E-state index contributed by atoms with van der Waals surface area (Å²) >= 11 is 1.83. The first-order valence-electron chi connectivity index (χ1n) is 8.57. The normalized spacial score (nSPS) is 10.6. The van der Waals surface area contributed by atoms with Crippen molar-refractivity contribution in [3.8, 4) is 5.75 Å². The van der Waals surface area contributed by atoms with Gasteiger partial charge in [-0.1, -0.05) is 30.3 Å². The number of ether oxygens (including phenoxy) is 1. The molecule has 0 heterocycles. The molecule has 1 amide bonds. The number of carbonyl (C=O) groups excluding carboxylic acids is 1. The first-order valence-corrected chi connectivity index (χ1v) is 9.72. The molecule has 25 heavy (non-hydrogen) atoms. The summed E-state index contributed by atoms with van der Waals surface area (Å²) in [5, 5.41) is 2.92. The van der Waals surface area contributed by atoms with Crippen LogP contribution < -0.4 is 10.1 Å². The third kappa shape index (κ3) is 6.13. The highest BCUT2D eigenvalue weighted by Gasteiger charge is 2.07. The van der Waals surface area contributed by atoms with Crippen molar-refractivity contribution in [3.63, 3.8) is 0 Å². The van der Waals surface area contributed by atoms with E-state index in [9.17, 15) is 4.79 Å². The third-order valence-corrected chi connectivity index (χ3v) is 5.22. The molecule has 0 atom stereocenters. The van der Waals surface area contributed by atoms with E-state index < -0.39 is 0 Å². The van der Waals surface area contributed by atoms with Gasteiger partial charge in [-0.3, -0.25) is 4.79 Å². The molecular formula is C21H27NO2S. The summed E-state index contributed by atoms with van der Waals surface area (Å²) in [6.45, 7) is 8.96. The van der Waals surface area contributed by atoms with Crippen molar-refractivity contribution in [3.05, 3.63) is 64.2 Å². The summed E-state index contributed by atoms with van der Waals surface area (Å²) < 4.78 is 5.68. The highest BCUT2D eigenvalue weighted by molar-refractivity contribution is 7.98. The van der Waals surface area contributed by atoms with E-state index in [1.165, 1.54) is 16.7 Å². The lowest BCUT2D eigenvalue weighted by atomic mass is 10.1. The van der Waals surface area contributed by atoms with Crippen LogP contribution >= 0.6 is 11.8 Å². The minimum Gasteiger partial charge on any atom is -0.483 e. The van der Waals surface area contributed by atoms with E-state index >= 15 is 0 Å². The van der Waals surface area contributed by atoms with Crippen molar-refractivity contribution in [1.82, 2.24) is 5.32 Å². The van der Waals surface area contributed by atoms with Crippen LogP contribution in [0.4, 0.5) is 0 Å². The number of aryl methyl sites for hydroxylation is 3. The van der Waals surface area contributed by atoms with Crippen LogP contribution in [0.15, 0.2) is 36.4 Å². The van der Waals surface area contributed by atoms with Crippen LogP contribution in [0.25, 0.3) is 0 Å². The maximum Gasteiger partial charge on any atom is 0.257 e. The summed E-state index contributed by atoms with van der Waals surface area (Å²) in [7, 11) is 0. The smallest absolute Gasteiger partial charge is 0.257 e. The van der Waals surface area contributed by atoms with Crippen LogP contribution in [0.2, 0.25) is 0 Å². The van der Waals surface area contributed by atoms with E-state index in [0.717, 1.165) is 28.4 Å². The lowest BCUT2D eigenvalue weighted by molar-refractivity contribution is -0.122. The fourth-order valence-electron chi connectivity index (χ4n) is 2.56. The number of benzene rings is 2. The standard InChI is InChI=1S/C21H27NO2S/c1-15-11-17(3)18(4)20(12-15)24-13-21(23)22-9-10-25-14-19-8-6-5-7-16(19)2/h5-8,11-12H,9-10,13-14H2,1-4H3,(H,22,23). The molecule has 0 saturated carbocycles. The molecule has 0 aliphatic rings. The molecule has 0 radical (unpaired) electrons. The highest BCUT2D eigenvalue weighted by Crippen LogP contribution is 2.23. The first-order chi connectivity index (χ1) is 12.0. The topological polar surface area (TPSA) is 38.3 Å². The van der Waals surface area contributed by atoms with Crippen molar-refractivity contribution in [1.29, 1.82) is 0 Å². The molecule has 4 heteroatoms. The summed E-state index contributed by atoms with van der Waals surface area (Å²) in [4.78, 5) is 11.9. The monoisotopic (exact) mass is 357 g/mol. The Hall–Kier alpha value is -1.94. The van der Waals surface area contributed by atoms with E-state index in [1.54, 1.807) is 0 Å². The maximum atomic E-state index is 11.9. The Labute approximate surface area is 155 Å². The number of thioether (sulfide) groups is 1. The number of hydrogen-bond donors (Lipinski definition) is 1. The fraction of sp³-hybridized carbons (Fsp3) is 0.381. The number of amides is 1. The van der Waals surface area contributed by atoms with Crippen molar-refractivity contribution < 1.29 is 9.53 Å². The highest BCUT2D eigenvalue weighted by atomic mass is 32.2. The number of nitrogens with one attached hydrogen (secondary N) is 1. The molecule has 0 aromatic heterocycles. The zero-order chi connectivity index (χ0) is 18.2. The summed E-state index contributed by atoms with van der Waals surface area (Å²) in [6.07, 6.45) is 0. The largest absolute Gasteiger partial charge is 0.483 e. The van der Waals surface area contributed by atoms with Crippen LogP contribution in [0.1, 0.15) is 27.8 Å². The Morgan fingerprint density at radius 2 is 1.84 bits per heavy atom. The molecule has 0 aliphatic heterocycles. The van der Waals surface area contributed by atoms with Crippen molar-refractivity contribution in [2.24, 2.45) is 0 Å². The zero-order valence-corrected chi connectivity index (χ0v) is 16.3. The second-order valence-electron chi connectivity index (χ2n) is 6.32. The predicted octanol–water partition coefficient (Wildman–Crippen LogP) is 4.35. The van der Waals surface area contributed by atoms with Gasteiger partial charge in [0.1, 0.15) is 5.75 Å². The zero-order valence-electron chi connectivity index (χ0n) is 15.5. The average Bonchev–Trinajstić information content (AvgIpc) is 2.58. The molecule has 0 unspecified atom stereocenters. The first kappa shape index (κ1) is 19.4. The van der Waals surface area contributed by atoms with Gasteiger partial charge in [0, 0.05) is 18.1 Å². The van der Waals surface area contributed by atoms with Crippen molar-refractivity contribution >= 4 is 17.7 Å². The molecule has 3 nitrogen and oxygen atoms in total. The molecule has 0 fully saturated rings. The van der Waals surface area contributed by atoms with Crippen molar-refractivity contribution in [2.75, 3.05) is 18.9 Å². The molecule has 0 spiro atoms. The van der Waals surface area contributed by atoms with Crippen LogP contribution in [0.3, 0.4) is 0 Å². The van der Waals surface area contributed by atoms with E-state index in [1.807, 2.05) is 31.7 Å². The van der Waals surface area contributed by atoms with Gasteiger partial charge in [0.2, 0.25) is 0 Å². The quantitative estimate of drug-likeness (QED) is 0.714. The molecule has 2 rings (SSSR count). The Kier molecular flexibility index (Phi) is 7.38. The molecule has 134 valence electrons. The molecule has 2 aromatic rings. The number of carbonyl (C=O) groups is 1. The number of rotatable bonds is 8. The Morgan fingerprint density at radius 3 is 2.60 bits per heavy atom. The minimum atomic E-state index is -0.0740. The van der Waals surface area contributed by atoms with Crippen LogP contribution in [0.5, 0.6) is 5.75 Å². The second kappa shape index (κ2) is 9.52. The Bertz CT molecular complexity index is 728. The van der Waals surface area contributed by atoms with E-state index in [4.69, 9.17) is 4.74 Å². The van der Waals surface area contributed by atoms with Gasteiger partial charge in [-0.15, -0.1) is 0 Å². The molecule has 0 saturated heterocycles. The predicted molar refractivity (Wildman–Crippen MR) is 106 cm³/mol. The lowest BCUT2D eigenvalue weighted by Gasteiger charge is -2.12. The van der Waals surface area contributed by atoms with Gasteiger partial charge in [0.05, 0.1) is 0 Å². The van der Waals surface area contributed by atoms with Crippen LogP contribution in [0, 0.1) is 27.7 Å².